The molecular weight excluding hydrogens is 405 g/mol. The second-order valence-electron chi connectivity index (χ2n) is 6.11. The second-order valence-corrected chi connectivity index (χ2v) is 7.39. The van der Waals surface area contributed by atoms with Crippen LogP contribution in [0.3, 0.4) is 0 Å². The number of carbonyl (C=O) groups excluding carboxylic acids is 2. The normalized spacial score (nSPS) is 13.3. The number of thiocarbonyl (C=S) groups is 1. The van der Waals surface area contributed by atoms with Gasteiger partial charge in [-0.2, -0.15) is 0 Å². The molecular formula is C19H17Cl2N3O2S. The third kappa shape index (κ3) is 4.97. The highest BCUT2D eigenvalue weighted by Gasteiger charge is 2.22. The minimum Gasteiger partial charge on any atom is -0.339 e. The lowest BCUT2D eigenvalue weighted by Crippen LogP contribution is -2.35. The van der Waals surface area contributed by atoms with E-state index in [0.717, 1.165) is 25.9 Å². The number of halogens is 2. The van der Waals surface area contributed by atoms with Gasteiger partial charge in [-0.15, -0.1) is 0 Å². The van der Waals surface area contributed by atoms with Crippen molar-refractivity contribution in [3.8, 4) is 0 Å². The van der Waals surface area contributed by atoms with Gasteiger partial charge in [-0.05, 0) is 55.4 Å². The lowest BCUT2D eigenvalue weighted by molar-refractivity contribution is 0.0793. The highest BCUT2D eigenvalue weighted by molar-refractivity contribution is 7.80. The number of hydrogen-bond donors (Lipinski definition) is 2. The molecule has 0 spiro atoms. The number of benzene rings is 2. The predicted octanol–water partition coefficient (Wildman–Crippen LogP) is 4.36. The molecule has 1 fully saturated rings. The van der Waals surface area contributed by atoms with Crippen LogP contribution in [0, 0.1) is 0 Å². The van der Waals surface area contributed by atoms with E-state index in [9.17, 15) is 9.59 Å². The summed E-state index contributed by atoms with van der Waals surface area (Å²) < 4.78 is 0. The third-order valence-electron chi connectivity index (χ3n) is 4.15. The van der Waals surface area contributed by atoms with E-state index in [1.54, 1.807) is 24.3 Å². The topological polar surface area (TPSA) is 61.4 Å². The Morgan fingerprint density at radius 2 is 1.63 bits per heavy atom. The Morgan fingerprint density at radius 1 is 1.00 bits per heavy atom. The zero-order valence-electron chi connectivity index (χ0n) is 14.3. The highest BCUT2D eigenvalue weighted by Crippen LogP contribution is 2.21. The summed E-state index contributed by atoms with van der Waals surface area (Å²) in [6.07, 6.45) is 2.02. The molecule has 2 amide bonds. The summed E-state index contributed by atoms with van der Waals surface area (Å²) in [6.45, 7) is 1.51. The van der Waals surface area contributed by atoms with Gasteiger partial charge in [0.1, 0.15) is 0 Å². The van der Waals surface area contributed by atoms with Crippen LogP contribution in [0.15, 0.2) is 42.5 Å². The maximum atomic E-state index is 12.7. The summed E-state index contributed by atoms with van der Waals surface area (Å²) in [5.41, 5.74) is 1.35. The molecule has 0 bridgehead atoms. The van der Waals surface area contributed by atoms with Crippen LogP contribution in [-0.4, -0.2) is 34.9 Å². The van der Waals surface area contributed by atoms with Crippen LogP contribution < -0.4 is 10.6 Å². The van der Waals surface area contributed by atoms with E-state index in [1.807, 2.05) is 4.90 Å². The Balaban J connectivity index is 1.71. The van der Waals surface area contributed by atoms with Crippen LogP contribution in [0.2, 0.25) is 10.0 Å². The summed E-state index contributed by atoms with van der Waals surface area (Å²) in [4.78, 5) is 26.9. The summed E-state index contributed by atoms with van der Waals surface area (Å²) >= 11 is 17.1. The minimum absolute atomic E-state index is 0.0497. The van der Waals surface area contributed by atoms with E-state index in [2.05, 4.69) is 10.6 Å². The number of hydrogen-bond acceptors (Lipinski definition) is 3. The molecule has 1 aliphatic heterocycles. The molecule has 0 unspecified atom stereocenters. The lowest BCUT2D eigenvalue weighted by atomic mass is 10.1. The number of nitrogens with zero attached hydrogens (tertiary/aromatic N) is 1. The smallest absolute Gasteiger partial charge is 0.257 e. The van der Waals surface area contributed by atoms with Crippen molar-refractivity contribution in [1.29, 1.82) is 0 Å². The first kappa shape index (κ1) is 19.6. The van der Waals surface area contributed by atoms with Gasteiger partial charge < -0.3 is 10.2 Å². The molecule has 8 heteroatoms. The zero-order chi connectivity index (χ0) is 19.4. The average molecular weight is 422 g/mol. The van der Waals surface area contributed by atoms with Crippen molar-refractivity contribution >= 4 is 58.0 Å². The molecule has 2 aromatic rings. The molecule has 0 atom stereocenters. The average Bonchev–Trinajstić information content (AvgIpc) is 3.15. The Hall–Kier alpha value is -2.15. The number of para-hydroxylation sites is 1. The Morgan fingerprint density at radius 3 is 2.30 bits per heavy atom. The molecule has 2 N–H and O–H groups in total. The van der Waals surface area contributed by atoms with Crippen LogP contribution >= 0.6 is 35.4 Å². The van der Waals surface area contributed by atoms with Crippen LogP contribution in [0.5, 0.6) is 0 Å². The zero-order valence-corrected chi connectivity index (χ0v) is 16.6. The molecule has 5 nitrogen and oxygen atoms in total. The fourth-order valence-electron chi connectivity index (χ4n) is 2.88. The van der Waals surface area contributed by atoms with Crippen LogP contribution in [0.1, 0.15) is 33.6 Å². The minimum atomic E-state index is -0.444. The Labute approximate surface area is 172 Å². The SMILES string of the molecule is O=C(NC(=S)Nc1ccccc1C(=O)N1CCCC1)c1cc(Cl)cc(Cl)c1. The van der Waals surface area contributed by atoms with E-state index >= 15 is 0 Å². The Bertz CT molecular complexity index is 878. The van der Waals surface area contributed by atoms with Gasteiger partial charge in [0.2, 0.25) is 0 Å². The molecule has 2 aromatic carbocycles. The molecule has 1 aliphatic rings. The van der Waals surface area contributed by atoms with Crippen molar-refractivity contribution in [2.75, 3.05) is 18.4 Å². The van der Waals surface area contributed by atoms with Crippen molar-refractivity contribution in [3.05, 3.63) is 63.6 Å². The highest BCUT2D eigenvalue weighted by atomic mass is 35.5. The molecule has 0 radical (unpaired) electrons. The quantitative estimate of drug-likeness (QED) is 0.722. The number of likely N-dealkylation sites (tertiary alicyclic amines) is 1. The molecule has 1 heterocycles. The second kappa shape index (κ2) is 8.69. The van der Waals surface area contributed by atoms with E-state index in [-0.39, 0.29) is 16.6 Å². The summed E-state index contributed by atoms with van der Waals surface area (Å²) in [5, 5.41) is 6.30. The van der Waals surface area contributed by atoms with Gasteiger partial charge in [-0.3, -0.25) is 14.9 Å². The van der Waals surface area contributed by atoms with Gasteiger partial charge in [0, 0.05) is 28.7 Å². The van der Waals surface area contributed by atoms with E-state index < -0.39 is 5.91 Å². The molecule has 0 aromatic heterocycles. The largest absolute Gasteiger partial charge is 0.339 e. The maximum Gasteiger partial charge on any atom is 0.257 e. The first-order chi connectivity index (χ1) is 12.9. The number of nitrogens with one attached hydrogen (secondary N) is 2. The lowest BCUT2D eigenvalue weighted by Gasteiger charge is -2.18. The summed E-state index contributed by atoms with van der Waals surface area (Å²) in [5.74, 6) is -0.494. The third-order valence-corrected chi connectivity index (χ3v) is 4.79. The standard InChI is InChI=1S/C19H17Cl2N3O2S/c20-13-9-12(10-14(21)11-13)17(25)23-19(27)22-16-6-2-1-5-15(16)18(26)24-7-3-4-8-24/h1-2,5-6,9-11H,3-4,7-8H2,(H2,22,23,25,27). The first-order valence-electron chi connectivity index (χ1n) is 8.41. The van der Waals surface area contributed by atoms with Gasteiger partial charge in [0.05, 0.1) is 11.3 Å². The number of amides is 2. The summed E-state index contributed by atoms with van der Waals surface area (Å²) in [6, 6.07) is 11.6. The first-order valence-corrected chi connectivity index (χ1v) is 9.57. The van der Waals surface area contributed by atoms with Crippen molar-refractivity contribution in [1.82, 2.24) is 10.2 Å². The van der Waals surface area contributed by atoms with E-state index in [4.69, 9.17) is 35.4 Å². The summed E-state index contributed by atoms with van der Waals surface area (Å²) in [7, 11) is 0. The van der Waals surface area contributed by atoms with Crippen molar-refractivity contribution < 1.29 is 9.59 Å². The van der Waals surface area contributed by atoms with Gasteiger partial charge in [-0.1, -0.05) is 35.3 Å². The molecule has 0 aliphatic carbocycles. The molecule has 27 heavy (non-hydrogen) atoms. The Kier molecular flexibility index (Phi) is 6.31. The van der Waals surface area contributed by atoms with E-state index in [0.29, 0.717) is 21.3 Å². The van der Waals surface area contributed by atoms with Crippen LogP contribution in [-0.2, 0) is 0 Å². The maximum absolute atomic E-state index is 12.7. The van der Waals surface area contributed by atoms with Crippen molar-refractivity contribution in [2.45, 2.75) is 12.8 Å². The number of rotatable bonds is 3. The predicted molar refractivity (Wildman–Crippen MR) is 112 cm³/mol. The molecule has 1 saturated heterocycles. The van der Waals surface area contributed by atoms with Crippen LogP contribution in [0.4, 0.5) is 5.69 Å². The van der Waals surface area contributed by atoms with Crippen molar-refractivity contribution in [2.24, 2.45) is 0 Å². The number of anilines is 1. The monoisotopic (exact) mass is 421 g/mol. The van der Waals surface area contributed by atoms with E-state index in [1.165, 1.54) is 18.2 Å². The van der Waals surface area contributed by atoms with Gasteiger partial charge in [0.25, 0.3) is 11.8 Å². The molecule has 140 valence electrons. The van der Waals surface area contributed by atoms with Crippen molar-refractivity contribution in [3.63, 3.8) is 0 Å². The van der Waals surface area contributed by atoms with Crippen LogP contribution in [0.25, 0.3) is 0 Å². The fraction of sp³-hybridized carbons (Fsp3) is 0.211. The molecule has 0 saturated carbocycles. The van der Waals surface area contributed by atoms with Gasteiger partial charge in [-0.25, -0.2) is 0 Å². The number of carbonyl (C=O) groups is 2. The van der Waals surface area contributed by atoms with Gasteiger partial charge in [0.15, 0.2) is 5.11 Å². The van der Waals surface area contributed by atoms with Gasteiger partial charge >= 0.3 is 0 Å². The fourth-order valence-corrected chi connectivity index (χ4v) is 3.61. The molecule has 3 rings (SSSR count).